The van der Waals surface area contributed by atoms with Gasteiger partial charge in [0.1, 0.15) is 18.1 Å². The lowest BCUT2D eigenvalue weighted by atomic mass is 9.77. The molecule has 1 aromatic rings. The minimum Gasteiger partial charge on any atom is -0.460 e. The zero-order valence-electron chi connectivity index (χ0n) is 14.6. The highest BCUT2D eigenvalue weighted by atomic mass is 16.6. The van der Waals surface area contributed by atoms with E-state index < -0.39 is 17.4 Å². The molecule has 132 valence electrons. The van der Waals surface area contributed by atoms with Crippen molar-refractivity contribution in [2.24, 2.45) is 11.8 Å². The first-order valence-electron chi connectivity index (χ1n) is 8.94. The molecule has 25 heavy (non-hydrogen) atoms. The smallest absolute Gasteiger partial charge is 0.313 e. The van der Waals surface area contributed by atoms with Crippen LogP contribution >= 0.6 is 0 Å². The van der Waals surface area contributed by atoms with Crippen LogP contribution in [0.1, 0.15) is 25.8 Å². The van der Waals surface area contributed by atoms with Crippen molar-refractivity contribution in [3.63, 3.8) is 0 Å². The molecular weight excluding hydrogens is 318 g/mol. The van der Waals surface area contributed by atoms with Crippen LogP contribution in [0.4, 0.5) is 0 Å². The van der Waals surface area contributed by atoms with Gasteiger partial charge in [-0.3, -0.25) is 9.59 Å². The van der Waals surface area contributed by atoms with Gasteiger partial charge in [-0.2, -0.15) is 0 Å². The maximum Gasteiger partial charge on any atom is 0.313 e. The Hall–Kier alpha value is -2.14. The molecule has 2 fully saturated rings. The van der Waals surface area contributed by atoms with Crippen LogP contribution in [-0.4, -0.2) is 41.1 Å². The maximum absolute atomic E-state index is 13.0. The van der Waals surface area contributed by atoms with Crippen molar-refractivity contribution in [3.05, 3.63) is 48.0 Å². The number of nitrogens with zero attached hydrogens (tertiary/aromatic N) is 1. The van der Waals surface area contributed by atoms with Crippen LogP contribution in [0.3, 0.4) is 0 Å². The number of benzene rings is 1. The molecule has 4 rings (SSSR count). The number of likely N-dealkylation sites (tertiary alicyclic amines) is 1. The molecule has 1 amide bonds. The van der Waals surface area contributed by atoms with E-state index in [1.54, 1.807) is 0 Å². The summed E-state index contributed by atoms with van der Waals surface area (Å²) in [7, 11) is 0. The molecule has 0 radical (unpaired) electrons. The zero-order valence-corrected chi connectivity index (χ0v) is 14.6. The van der Waals surface area contributed by atoms with Crippen molar-refractivity contribution in [1.82, 2.24) is 4.90 Å². The summed E-state index contributed by atoms with van der Waals surface area (Å²) in [5.74, 6) is -1.33. The lowest BCUT2D eigenvalue weighted by Crippen LogP contribution is -2.41. The minimum absolute atomic E-state index is 0.0165. The molecule has 0 aliphatic carbocycles. The van der Waals surface area contributed by atoms with Crippen LogP contribution < -0.4 is 0 Å². The number of hydrogen-bond donors (Lipinski definition) is 0. The second-order valence-electron chi connectivity index (χ2n) is 7.22. The monoisotopic (exact) mass is 341 g/mol. The fourth-order valence-electron chi connectivity index (χ4n) is 4.22. The van der Waals surface area contributed by atoms with E-state index in [9.17, 15) is 9.59 Å². The predicted octanol–water partition coefficient (Wildman–Crippen LogP) is 2.31. The number of carbonyl (C=O) groups excluding carboxylic acids is 2. The molecule has 2 saturated heterocycles. The van der Waals surface area contributed by atoms with Gasteiger partial charge in [-0.15, -0.1) is 0 Å². The van der Waals surface area contributed by atoms with Crippen LogP contribution in [0.5, 0.6) is 0 Å². The topological polar surface area (TPSA) is 55.8 Å². The van der Waals surface area contributed by atoms with Crippen LogP contribution in [0.2, 0.25) is 0 Å². The van der Waals surface area contributed by atoms with E-state index in [1.165, 1.54) is 0 Å². The largest absolute Gasteiger partial charge is 0.460 e. The van der Waals surface area contributed by atoms with Gasteiger partial charge in [-0.05, 0) is 18.9 Å². The zero-order chi connectivity index (χ0) is 17.6. The summed E-state index contributed by atoms with van der Waals surface area (Å²) in [6.07, 6.45) is 4.42. The van der Waals surface area contributed by atoms with Gasteiger partial charge in [0.25, 0.3) is 0 Å². The van der Waals surface area contributed by atoms with Crippen molar-refractivity contribution >= 4 is 11.9 Å². The Morgan fingerprint density at radius 2 is 2.16 bits per heavy atom. The van der Waals surface area contributed by atoms with Gasteiger partial charge < -0.3 is 14.4 Å². The van der Waals surface area contributed by atoms with E-state index in [-0.39, 0.29) is 30.6 Å². The average molecular weight is 341 g/mol. The first kappa shape index (κ1) is 16.3. The molecule has 0 unspecified atom stereocenters. The molecule has 3 heterocycles. The van der Waals surface area contributed by atoms with E-state index >= 15 is 0 Å². The average Bonchev–Trinajstić information content (AvgIpc) is 3.28. The molecule has 3 aliphatic heterocycles. The molecule has 2 bridgehead atoms. The molecule has 1 aromatic carbocycles. The van der Waals surface area contributed by atoms with Gasteiger partial charge in [0.15, 0.2) is 0 Å². The molecule has 5 nitrogen and oxygen atoms in total. The normalized spacial score (nSPS) is 33.6. The first-order valence-corrected chi connectivity index (χ1v) is 8.94. The Morgan fingerprint density at radius 3 is 2.88 bits per heavy atom. The summed E-state index contributed by atoms with van der Waals surface area (Å²) in [4.78, 5) is 27.6. The molecule has 0 N–H and O–H groups in total. The second kappa shape index (κ2) is 5.99. The Morgan fingerprint density at radius 1 is 1.40 bits per heavy atom. The SMILES string of the molecule is CC[C@@H](C)N1C[C@@]23C=C[C@H](O2)[C@H](C(=O)OCc2ccccc2)[C@H]3C1=O. The third-order valence-electron chi connectivity index (χ3n) is 5.75. The van der Waals surface area contributed by atoms with E-state index in [0.717, 1.165) is 12.0 Å². The summed E-state index contributed by atoms with van der Waals surface area (Å²) in [6.45, 7) is 4.84. The Bertz CT molecular complexity index is 716. The maximum atomic E-state index is 13.0. The summed E-state index contributed by atoms with van der Waals surface area (Å²) in [6, 6.07) is 9.71. The number of fused-ring (bicyclic) bond motifs is 1. The predicted molar refractivity (Wildman–Crippen MR) is 91.4 cm³/mol. The van der Waals surface area contributed by atoms with Crippen molar-refractivity contribution in [3.8, 4) is 0 Å². The molecule has 0 saturated carbocycles. The van der Waals surface area contributed by atoms with Gasteiger partial charge in [0, 0.05) is 6.04 Å². The standard InChI is InChI=1S/C20H23NO4/c1-3-13(2)21-12-20-10-9-15(25-20)16(17(20)18(21)22)19(23)24-11-14-7-5-4-6-8-14/h4-10,13,15-17H,3,11-12H2,1-2H3/t13-,15+,16+,17+,20-/m1/s1. The molecule has 3 aliphatic rings. The highest BCUT2D eigenvalue weighted by Gasteiger charge is 2.67. The number of rotatable bonds is 5. The van der Waals surface area contributed by atoms with Crippen molar-refractivity contribution in [2.45, 2.75) is 44.6 Å². The van der Waals surface area contributed by atoms with Gasteiger partial charge in [-0.25, -0.2) is 0 Å². The van der Waals surface area contributed by atoms with Crippen molar-refractivity contribution in [1.29, 1.82) is 0 Å². The van der Waals surface area contributed by atoms with Gasteiger partial charge >= 0.3 is 5.97 Å². The quantitative estimate of drug-likeness (QED) is 0.609. The number of hydrogen-bond acceptors (Lipinski definition) is 4. The second-order valence-corrected chi connectivity index (χ2v) is 7.22. The first-order chi connectivity index (χ1) is 12.1. The highest BCUT2D eigenvalue weighted by molar-refractivity contribution is 5.91. The lowest BCUT2D eigenvalue weighted by Gasteiger charge is -2.26. The molecule has 5 heteroatoms. The van der Waals surface area contributed by atoms with Crippen LogP contribution in [0, 0.1) is 11.8 Å². The minimum atomic E-state index is -0.651. The summed E-state index contributed by atoms with van der Waals surface area (Å²) < 4.78 is 11.6. The summed E-state index contributed by atoms with van der Waals surface area (Å²) in [5.41, 5.74) is 0.283. The summed E-state index contributed by atoms with van der Waals surface area (Å²) in [5, 5.41) is 0. The third-order valence-corrected chi connectivity index (χ3v) is 5.75. The number of amides is 1. The van der Waals surface area contributed by atoms with Crippen LogP contribution in [0.25, 0.3) is 0 Å². The lowest BCUT2D eigenvalue weighted by molar-refractivity contribution is -0.155. The number of carbonyl (C=O) groups is 2. The molecule has 1 spiro atoms. The van der Waals surface area contributed by atoms with Gasteiger partial charge in [-0.1, -0.05) is 49.4 Å². The van der Waals surface area contributed by atoms with Crippen molar-refractivity contribution < 1.29 is 19.1 Å². The Balaban J connectivity index is 1.52. The van der Waals surface area contributed by atoms with E-state index in [2.05, 4.69) is 6.92 Å². The molecular formula is C20H23NO4. The number of ether oxygens (including phenoxy) is 2. The molecule has 5 atom stereocenters. The molecule has 0 aromatic heterocycles. The fraction of sp³-hybridized carbons (Fsp3) is 0.500. The Labute approximate surface area is 147 Å². The third kappa shape index (κ3) is 2.49. The van der Waals surface area contributed by atoms with E-state index in [4.69, 9.17) is 9.47 Å². The van der Waals surface area contributed by atoms with Gasteiger partial charge in [0.05, 0.1) is 18.6 Å². The van der Waals surface area contributed by atoms with Crippen LogP contribution in [-0.2, 0) is 25.7 Å². The highest BCUT2D eigenvalue weighted by Crippen LogP contribution is 2.52. The summed E-state index contributed by atoms with van der Waals surface area (Å²) >= 11 is 0. The van der Waals surface area contributed by atoms with E-state index in [0.29, 0.717) is 6.54 Å². The van der Waals surface area contributed by atoms with Gasteiger partial charge in [0.2, 0.25) is 5.91 Å². The van der Waals surface area contributed by atoms with Crippen molar-refractivity contribution in [2.75, 3.05) is 6.54 Å². The van der Waals surface area contributed by atoms with Crippen LogP contribution in [0.15, 0.2) is 42.5 Å². The van der Waals surface area contributed by atoms with E-state index in [1.807, 2.05) is 54.3 Å². The Kier molecular flexibility index (Phi) is 3.91. The number of esters is 1. The fourth-order valence-corrected chi connectivity index (χ4v) is 4.22.